The molecule has 0 spiro atoms. The van der Waals surface area contributed by atoms with Crippen molar-refractivity contribution in [3.8, 4) is 5.75 Å². The van der Waals surface area contributed by atoms with Gasteiger partial charge < -0.3 is 15.6 Å². The molecule has 118 valence electrons. The molecule has 0 aromatic heterocycles. The molecule has 2 rings (SSSR count). The summed E-state index contributed by atoms with van der Waals surface area (Å²) < 4.78 is 5.47. The Morgan fingerprint density at radius 1 is 1.14 bits per heavy atom. The molecule has 1 fully saturated rings. The number of rotatable bonds is 6. The van der Waals surface area contributed by atoms with E-state index in [1.165, 1.54) is 0 Å². The van der Waals surface area contributed by atoms with Gasteiger partial charge in [-0.1, -0.05) is 39.8 Å². The SMILES string of the molecule is CCOc1ccc(C(CN)C(O)C2C(C)(C)C2(C)C)cc1. The second-order valence-electron chi connectivity index (χ2n) is 7.26. The molecule has 0 saturated heterocycles. The highest BCUT2D eigenvalue weighted by Crippen LogP contribution is 2.70. The number of hydrogen-bond donors (Lipinski definition) is 2. The molecule has 2 unspecified atom stereocenters. The summed E-state index contributed by atoms with van der Waals surface area (Å²) in [5.41, 5.74) is 7.36. The van der Waals surface area contributed by atoms with Gasteiger partial charge in [-0.25, -0.2) is 0 Å². The molecule has 0 heterocycles. The van der Waals surface area contributed by atoms with E-state index in [0.29, 0.717) is 13.2 Å². The Kier molecular flexibility index (Phi) is 4.36. The zero-order valence-electron chi connectivity index (χ0n) is 13.9. The number of nitrogens with two attached hydrogens (primary N) is 1. The van der Waals surface area contributed by atoms with Crippen molar-refractivity contribution in [1.29, 1.82) is 0 Å². The van der Waals surface area contributed by atoms with Crippen LogP contribution in [0.2, 0.25) is 0 Å². The molecule has 21 heavy (non-hydrogen) atoms. The summed E-state index contributed by atoms with van der Waals surface area (Å²) in [5.74, 6) is 1.12. The first kappa shape index (κ1) is 16.3. The molecule has 1 aromatic carbocycles. The lowest BCUT2D eigenvalue weighted by Gasteiger charge is -2.24. The molecule has 0 bridgehead atoms. The van der Waals surface area contributed by atoms with Crippen molar-refractivity contribution in [2.75, 3.05) is 13.2 Å². The quantitative estimate of drug-likeness (QED) is 0.846. The Hall–Kier alpha value is -1.06. The van der Waals surface area contributed by atoms with Crippen LogP contribution < -0.4 is 10.5 Å². The number of aliphatic hydroxyl groups is 1. The molecule has 1 aromatic rings. The highest BCUT2D eigenvalue weighted by atomic mass is 16.5. The molecule has 0 aliphatic heterocycles. The van der Waals surface area contributed by atoms with Crippen molar-refractivity contribution < 1.29 is 9.84 Å². The van der Waals surface area contributed by atoms with Crippen LogP contribution in [-0.2, 0) is 0 Å². The first-order valence-electron chi connectivity index (χ1n) is 7.88. The molecule has 1 aliphatic rings. The maximum absolute atomic E-state index is 10.8. The fraction of sp³-hybridized carbons (Fsp3) is 0.667. The third-order valence-corrected chi connectivity index (χ3v) is 5.76. The normalized spacial score (nSPS) is 22.6. The number of benzene rings is 1. The first-order chi connectivity index (χ1) is 9.77. The lowest BCUT2D eigenvalue weighted by atomic mass is 9.88. The summed E-state index contributed by atoms with van der Waals surface area (Å²) in [6.07, 6.45) is -0.405. The van der Waals surface area contributed by atoms with Gasteiger partial charge in [0.2, 0.25) is 0 Å². The molecule has 1 saturated carbocycles. The smallest absolute Gasteiger partial charge is 0.119 e. The van der Waals surface area contributed by atoms with Crippen LogP contribution in [-0.4, -0.2) is 24.4 Å². The number of hydrogen-bond acceptors (Lipinski definition) is 3. The van der Waals surface area contributed by atoms with Gasteiger partial charge in [-0.05, 0) is 41.4 Å². The Morgan fingerprint density at radius 2 is 1.67 bits per heavy atom. The largest absolute Gasteiger partial charge is 0.494 e. The predicted molar refractivity (Wildman–Crippen MR) is 86.5 cm³/mol. The second-order valence-corrected chi connectivity index (χ2v) is 7.26. The minimum Gasteiger partial charge on any atom is -0.494 e. The van der Waals surface area contributed by atoms with Crippen LogP contribution in [0.3, 0.4) is 0 Å². The molecule has 2 atom stereocenters. The van der Waals surface area contributed by atoms with Crippen molar-refractivity contribution >= 4 is 0 Å². The van der Waals surface area contributed by atoms with Gasteiger partial charge >= 0.3 is 0 Å². The van der Waals surface area contributed by atoms with Gasteiger partial charge in [0.25, 0.3) is 0 Å². The van der Waals surface area contributed by atoms with Crippen molar-refractivity contribution in [3.05, 3.63) is 29.8 Å². The third kappa shape index (κ3) is 2.69. The first-order valence-corrected chi connectivity index (χ1v) is 7.88. The van der Waals surface area contributed by atoms with E-state index in [1.807, 2.05) is 31.2 Å². The van der Waals surface area contributed by atoms with E-state index in [-0.39, 0.29) is 22.7 Å². The molecular weight excluding hydrogens is 262 g/mol. The van der Waals surface area contributed by atoms with Crippen molar-refractivity contribution in [2.45, 2.75) is 46.6 Å². The molecule has 3 heteroatoms. The highest BCUT2D eigenvalue weighted by Gasteiger charge is 2.67. The van der Waals surface area contributed by atoms with Crippen LogP contribution in [0.1, 0.15) is 46.1 Å². The van der Waals surface area contributed by atoms with Gasteiger partial charge in [0.05, 0.1) is 12.7 Å². The summed E-state index contributed by atoms with van der Waals surface area (Å²) in [5, 5.41) is 10.8. The van der Waals surface area contributed by atoms with E-state index in [9.17, 15) is 5.11 Å². The summed E-state index contributed by atoms with van der Waals surface area (Å²) in [4.78, 5) is 0. The fourth-order valence-corrected chi connectivity index (χ4v) is 3.78. The van der Waals surface area contributed by atoms with Crippen LogP contribution in [0.4, 0.5) is 0 Å². The Morgan fingerprint density at radius 3 is 2.05 bits per heavy atom. The van der Waals surface area contributed by atoms with Gasteiger partial charge in [0.1, 0.15) is 5.75 Å². The summed E-state index contributed by atoms with van der Waals surface area (Å²) in [7, 11) is 0. The van der Waals surface area contributed by atoms with Gasteiger partial charge in [-0.2, -0.15) is 0 Å². The summed E-state index contributed by atoms with van der Waals surface area (Å²) in [6, 6.07) is 7.96. The zero-order valence-corrected chi connectivity index (χ0v) is 13.9. The molecule has 3 nitrogen and oxygen atoms in total. The molecule has 0 radical (unpaired) electrons. The molecular formula is C18H29NO2. The van der Waals surface area contributed by atoms with E-state index in [1.54, 1.807) is 0 Å². The molecule has 0 amide bonds. The van der Waals surface area contributed by atoms with E-state index in [2.05, 4.69) is 27.7 Å². The topological polar surface area (TPSA) is 55.5 Å². The lowest BCUT2D eigenvalue weighted by molar-refractivity contribution is 0.102. The molecule has 1 aliphatic carbocycles. The minimum absolute atomic E-state index is 0.0215. The predicted octanol–water partition coefficient (Wildman–Crippen LogP) is 3.17. The highest BCUT2D eigenvalue weighted by molar-refractivity contribution is 5.31. The van der Waals surface area contributed by atoms with Gasteiger partial charge in [-0.3, -0.25) is 0 Å². The van der Waals surface area contributed by atoms with Gasteiger partial charge in [0, 0.05) is 12.5 Å². The van der Waals surface area contributed by atoms with E-state index in [0.717, 1.165) is 11.3 Å². The Labute approximate surface area is 128 Å². The van der Waals surface area contributed by atoms with Crippen LogP contribution in [0.5, 0.6) is 5.75 Å². The van der Waals surface area contributed by atoms with Crippen LogP contribution in [0.25, 0.3) is 0 Å². The lowest BCUT2D eigenvalue weighted by Crippen LogP contribution is -2.29. The third-order valence-electron chi connectivity index (χ3n) is 5.76. The number of ether oxygens (including phenoxy) is 1. The van der Waals surface area contributed by atoms with E-state index in [4.69, 9.17) is 10.5 Å². The van der Waals surface area contributed by atoms with Crippen LogP contribution in [0, 0.1) is 16.7 Å². The van der Waals surface area contributed by atoms with E-state index >= 15 is 0 Å². The van der Waals surface area contributed by atoms with Crippen LogP contribution in [0.15, 0.2) is 24.3 Å². The second kappa shape index (κ2) is 5.62. The van der Waals surface area contributed by atoms with Gasteiger partial charge in [-0.15, -0.1) is 0 Å². The maximum Gasteiger partial charge on any atom is 0.119 e. The van der Waals surface area contributed by atoms with E-state index < -0.39 is 6.10 Å². The van der Waals surface area contributed by atoms with Gasteiger partial charge in [0.15, 0.2) is 0 Å². The average Bonchev–Trinajstić information content (AvgIpc) is 2.82. The maximum atomic E-state index is 10.8. The van der Waals surface area contributed by atoms with Crippen LogP contribution >= 0.6 is 0 Å². The van der Waals surface area contributed by atoms with Crippen molar-refractivity contribution in [2.24, 2.45) is 22.5 Å². The minimum atomic E-state index is -0.405. The van der Waals surface area contributed by atoms with Crippen molar-refractivity contribution in [3.63, 3.8) is 0 Å². The fourth-order valence-electron chi connectivity index (χ4n) is 3.78. The Balaban J connectivity index is 2.16. The molecule has 3 N–H and O–H groups in total. The average molecular weight is 291 g/mol. The zero-order chi connectivity index (χ0) is 15.8. The number of aliphatic hydroxyl groups excluding tert-OH is 1. The summed E-state index contributed by atoms with van der Waals surface area (Å²) >= 11 is 0. The van der Waals surface area contributed by atoms with Crippen molar-refractivity contribution in [1.82, 2.24) is 0 Å². The summed E-state index contributed by atoms with van der Waals surface area (Å²) in [6.45, 7) is 12.0. The monoisotopic (exact) mass is 291 g/mol. The standard InChI is InChI=1S/C18H29NO2/c1-6-21-13-9-7-12(8-10-13)14(11-19)15(20)16-17(2,3)18(16,4)5/h7-10,14-16,20H,6,11,19H2,1-5H3. The Bertz CT molecular complexity index is 464.